The number of aromatic nitrogens is 2. The molecule has 3 N–H and O–H groups in total. The van der Waals surface area contributed by atoms with Gasteiger partial charge in [-0.25, -0.2) is 18.6 Å². The molecule has 0 bridgehead atoms. The summed E-state index contributed by atoms with van der Waals surface area (Å²) in [6.45, 7) is 3.92. The summed E-state index contributed by atoms with van der Waals surface area (Å²) >= 11 is 0. The number of nitrogens with one attached hydrogen (secondary N) is 1. The molecule has 0 aliphatic carbocycles. The fourth-order valence-corrected chi connectivity index (χ4v) is 3.60. The van der Waals surface area contributed by atoms with Gasteiger partial charge in [0.25, 0.3) is 12.3 Å². The van der Waals surface area contributed by atoms with Crippen molar-refractivity contribution < 1.29 is 27.8 Å². The number of nitrogens with two attached hydrogens (primary N) is 1. The van der Waals surface area contributed by atoms with Gasteiger partial charge in [0.1, 0.15) is 36.9 Å². The van der Waals surface area contributed by atoms with Crippen molar-refractivity contribution in [2.24, 2.45) is 5.73 Å². The van der Waals surface area contributed by atoms with Crippen LogP contribution in [0.4, 0.5) is 20.3 Å². The van der Waals surface area contributed by atoms with Crippen molar-refractivity contribution in [3.8, 4) is 17.1 Å². The van der Waals surface area contributed by atoms with Crippen molar-refractivity contribution in [3.05, 3.63) is 29.8 Å². The molecule has 11 heteroatoms. The Kier molecular flexibility index (Phi) is 5.28. The van der Waals surface area contributed by atoms with Gasteiger partial charge in [-0.1, -0.05) is 0 Å². The molecule has 4 rings (SSSR count). The number of fused-ring (bicyclic) bond motifs is 3. The maximum absolute atomic E-state index is 13.5. The van der Waals surface area contributed by atoms with Gasteiger partial charge >= 0.3 is 0 Å². The summed E-state index contributed by atoms with van der Waals surface area (Å²) in [5.41, 5.74) is 7.49. The zero-order valence-electron chi connectivity index (χ0n) is 16.9. The fraction of sp³-hybridized carbons (Fsp3) is 0.400. The lowest BCUT2D eigenvalue weighted by atomic mass is 10.1. The van der Waals surface area contributed by atoms with E-state index in [0.29, 0.717) is 36.0 Å². The number of anilines is 2. The second kappa shape index (κ2) is 7.92. The number of rotatable bonds is 5. The molecule has 2 aliphatic rings. The van der Waals surface area contributed by atoms with E-state index < -0.39 is 24.4 Å². The number of benzene rings is 1. The molecule has 0 spiro atoms. The second-order valence-corrected chi connectivity index (χ2v) is 7.39. The van der Waals surface area contributed by atoms with Gasteiger partial charge in [-0.15, -0.1) is 0 Å². The number of carbonyl (C=O) groups is 1. The van der Waals surface area contributed by atoms with Gasteiger partial charge in [-0.2, -0.15) is 0 Å². The second-order valence-electron chi connectivity index (χ2n) is 7.39. The van der Waals surface area contributed by atoms with Crippen molar-refractivity contribution in [2.75, 3.05) is 23.4 Å². The number of hydrogen-bond donors (Lipinski definition) is 2. The molecule has 1 fully saturated rings. The Bertz CT molecular complexity index is 1080. The number of ether oxygens (including phenoxy) is 2. The van der Waals surface area contributed by atoms with E-state index in [9.17, 15) is 18.4 Å². The van der Waals surface area contributed by atoms with Crippen molar-refractivity contribution in [2.45, 2.75) is 38.9 Å². The molecule has 2 aliphatic heterocycles. The molecule has 31 heavy (non-hydrogen) atoms. The van der Waals surface area contributed by atoms with Crippen LogP contribution in [0.5, 0.6) is 5.75 Å². The molecule has 0 unspecified atom stereocenters. The van der Waals surface area contributed by atoms with Gasteiger partial charge in [0, 0.05) is 18.0 Å². The number of imidazole rings is 1. The Hall–Kier alpha value is -3.59. The highest BCUT2D eigenvalue weighted by molar-refractivity contribution is 5.83. The number of amides is 1. The molecule has 0 radical (unpaired) electrons. The van der Waals surface area contributed by atoms with E-state index in [0.717, 1.165) is 10.5 Å². The first-order valence-electron chi connectivity index (χ1n) is 9.66. The maximum Gasteiger partial charge on any atom is 0.284 e. The highest BCUT2D eigenvalue weighted by atomic mass is 19.3. The normalized spacial score (nSPS) is 18.4. The van der Waals surface area contributed by atoms with Gasteiger partial charge < -0.3 is 25.1 Å². The van der Waals surface area contributed by atoms with Crippen LogP contribution < -0.4 is 20.7 Å². The molecule has 164 valence electrons. The van der Waals surface area contributed by atoms with Crippen LogP contribution in [0.3, 0.4) is 0 Å². The standard InChI is InChI=1S/C20H21F2N5O4/c1-10-5-12-15(6-13(10)24-11(2)19(23)29)30-4-3-26-7-16(25-20(12)26)27-14(18(21)22)9-31-17(27)8-28/h5-7,11,14,18,24H,3-4,9H2,1-2H3,(H2,23,29)/t11-,14-/m0/s1. The summed E-state index contributed by atoms with van der Waals surface area (Å²) in [6.07, 6.45) is -1.14. The highest BCUT2D eigenvalue weighted by Crippen LogP contribution is 2.39. The summed E-state index contributed by atoms with van der Waals surface area (Å²) < 4.78 is 39.7. The van der Waals surface area contributed by atoms with Crippen LogP contribution in [0.25, 0.3) is 11.4 Å². The lowest BCUT2D eigenvalue weighted by Crippen LogP contribution is -2.36. The van der Waals surface area contributed by atoms with Gasteiger partial charge in [0.2, 0.25) is 5.91 Å². The molecule has 2 aromatic rings. The average Bonchev–Trinajstić information content (AvgIpc) is 3.30. The first-order valence-corrected chi connectivity index (χ1v) is 9.66. The number of halogens is 2. The predicted octanol–water partition coefficient (Wildman–Crippen LogP) is 1.68. The van der Waals surface area contributed by atoms with Crippen LogP contribution in [-0.2, 0) is 20.9 Å². The van der Waals surface area contributed by atoms with Crippen molar-refractivity contribution in [1.29, 1.82) is 0 Å². The maximum atomic E-state index is 13.5. The van der Waals surface area contributed by atoms with Crippen molar-refractivity contribution in [1.82, 2.24) is 9.55 Å². The number of alkyl halides is 2. The third kappa shape index (κ3) is 3.68. The number of aryl methyl sites for hydroxylation is 1. The van der Waals surface area contributed by atoms with Gasteiger partial charge in [0.05, 0.1) is 12.1 Å². The van der Waals surface area contributed by atoms with E-state index in [-0.39, 0.29) is 18.3 Å². The minimum atomic E-state index is -2.73. The summed E-state index contributed by atoms with van der Waals surface area (Å²) in [5, 5.41) is 3.05. The first kappa shape index (κ1) is 20.7. The molecule has 1 aromatic heterocycles. The quantitative estimate of drug-likeness (QED) is 0.690. The monoisotopic (exact) mass is 433 g/mol. The molecule has 1 amide bonds. The van der Waals surface area contributed by atoms with Crippen molar-refractivity contribution >= 4 is 23.4 Å². The van der Waals surface area contributed by atoms with E-state index in [1.54, 1.807) is 29.7 Å². The Labute approximate surface area is 176 Å². The van der Waals surface area contributed by atoms with E-state index in [2.05, 4.69) is 10.3 Å². The molecule has 3 heterocycles. The number of hydrogen-bond acceptors (Lipinski definition) is 7. The minimum Gasteiger partial charge on any atom is -0.491 e. The smallest absolute Gasteiger partial charge is 0.284 e. The number of primary amides is 1. The molecular formula is C20H21F2N5O4. The molecule has 1 saturated heterocycles. The Morgan fingerprint density at radius 2 is 2.16 bits per heavy atom. The van der Waals surface area contributed by atoms with Gasteiger partial charge in [-0.05, 0) is 25.5 Å². The van der Waals surface area contributed by atoms with Crippen LogP contribution in [0.1, 0.15) is 12.5 Å². The highest BCUT2D eigenvalue weighted by Gasteiger charge is 2.40. The van der Waals surface area contributed by atoms with Gasteiger partial charge in [-0.3, -0.25) is 9.69 Å². The predicted molar refractivity (Wildman–Crippen MR) is 108 cm³/mol. The Balaban J connectivity index is 1.75. The summed E-state index contributed by atoms with van der Waals surface area (Å²) in [5.74, 6) is 1.97. The van der Waals surface area contributed by atoms with Crippen molar-refractivity contribution in [3.63, 3.8) is 0 Å². The Morgan fingerprint density at radius 3 is 2.84 bits per heavy atom. The molecule has 2 atom stereocenters. The molecule has 0 saturated carbocycles. The number of carbonyl (C=O) groups excluding carboxylic acids is 2. The van der Waals surface area contributed by atoms with Crippen LogP contribution in [0.15, 0.2) is 24.2 Å². The van der Waals surface area contributed by atoms with E-state index in [1.165, 1.54) is 0 Å². The summed E-state index contributed by atoms with van der Waals surface area (Å²) in [4.78, 5) is 28.2. The van der Waals surface area contributed by atoms with Crippen LogP contribution in [0.2, 0.25) is 0 Å². The molecule has 9 nitrogen and oxygen atoms in total. The Morgan fingerprint density at radius 1 is 1.39 bits per heavy atom. The largest absolute Gasteiger partial charge is 0.491 e. The zero-order chi connectivity index (χ0) is 22.3. The SMILES string of the molecule is Cc1cc2c(cc1N[C@@H](C)C(N)=O)OCCn1cc(N3C(=C=O)OC[C@H]3C(F)F)nc1-2. The van der Waals surface area contributed by atoms with Crippen LogP contribution >= 0.6 is 0 Å². The summed E-state index contributed by atoms with van der Waals surface area (Å²) in [6, 6.07) is 1.69. The molecular weight excluding hydrogens is 412 g/mol. The average molecular weight is 433 g/mol. The zero-order valence-corrected chi connectivity index (χ0v) is 16.9. The van der Waals surface area contributed by atoms with E-state index >= 15 is 0 Å². The summed E-state index contributed by atoms with van der Waals surface area (Å²) in [7, 11) is 0. The fourth-order valence-electron chi connectivity index (χ4n) is 3.60. The lowest BCUT2D eigenvalue weighted by molar-refractivity contribution is -0.118. The first-order chi connectivity index (χ1) is 14.8. The third-order valence-corrected chi connectivity index (χ3v) is 5.29. The van der Waals surface area contributed by atoms with E-state index in [4.69, 9.17) is 15.2 Å². The van der Waals surface area contributed by atoms with Gasteiger partial charge in [0.15, 0.2) is 11.8 Å². The van der Waals surface area contributed by atoms with Crippen LogP contribution in [-0.4, -0.2) is 53.1 Å². The molecule has 1 aromatic carbocycles. The van der Waals surface area contributed by atoms with Crippen LogP contribution in [0, 0.1) is 6.92 Å². The lowest BCUT2D eigenvalue weighted by Gasteiger charge is -2.19. The third-order valence-electron chi connectivity index (χ3n) is 5.29. The minimum absolute atomic E-state index is 0.172. The number of nitrogens with zero attached hydrogens (tertiary/aromatic N) is 3. The topological polar surface area (TPSA) is 112 Å². The van der Waals surface area contributed by atoms with E-state index in [1.807, 2.05) is 13.0 Å².